The molecule has 124 valence electrons. The van der Waals surface area contributed by atoms with Gasteiger partial charge < -0.3 is 10.6 Å². The van der Waals surface area contributed by atoms with Gasteiger partial charge in [0.15, 0.2) is 0 Å². The summed E-state index contributed by atoms with van der Waals surface area (Å²) in [5.41, 5.74) is 5.40. The summed E-state index contributed by atoms with van der Waals surface area (Å²) in [6.07, 6.45) is 0.757. The summed E-state index contributed by atoms with van der Waals surface area (Å²) < 4.78 is 37.1. The zero-order chi connectivity index (χ0) is 15.7. The molecule has 1 fully saturated rings. The minimum absolute atomic E-state index is 0.0663. The second-order valence-electron chi connectivity index (χ2n) is 5.58. The largest absolute Gasteiger partial charge is 0.401 e. The Hall–Kier alpha value is -0.820. The maximum atomic E-state index is 12.4. The van der Waals surface area contributed by atoms with Gasteiger partial charge in [-0.15, -0.1) is 0 Å². The van der Waals surface area contributed by atoms with Crippen LogP contribution in [-0.2, 0) is 4.79 Å². The number of unbranched alkanes of at least 4 members (excludes halogenated alkanes) is 3. The van der Waals surface area contributed by atoms with Crippen molar-refractivity contribution in [2.24, 2.45) is 5.73 Å². The summed E-state index contributed by atoms with van der Waals surface area (Å²) in [6.45, 7) is 1.47. The molecule has 0 spiro atoms. The number of nitrogens with two attached hydrogens (primary N) is 1. The maximum Gasteiger partial charge on any atom is 0.401 e. The van der Waals surface area contributed by atoms with Crippen LogP contribution in [0.2, 0.25) is 0 Å². The van der Waals surface area contributed by atoms with E-state index < -0.39 is 12.7 Å². The van der Waals surface area contributed by atoms with Gasteiger partial charge in [0.1, 0.15) is 0 Å². The Morgan fingerprint density at radius 3 is 2.38 bits per heavy atom. The molecule has 0 aromatic carbocycles. The third-order valence-corrected chi connectivity index (χ3v) is 3.69. The zero-order valence-corrected chi connectivity index (χ0v) is 12.5. The molecule has 0 atom stereocenters. The number of alkyl halides is 3. The molecule has 1 amide bonds. The SMILES string of the molecule is NCCCCCCC(=O)N1CCCN(CC(F)(F)F)CC1. The van der Waals surface area contributed by atoms with Gasteiger partial charge in [0.2, 0.25) is 5.91 Å². The number of hydrogen-bond donors (Lipinski definition) is 1. The average Bonchev–Trinajstić information content (AvgIpc) is 2.62. The van der Waals surface area contributed by atoms with Gasteiger partial charge in [0.25, 0.3) is 0 Å². The van der Waals surface area contributed by atoms with Crippen LogP contribution in [0, 0.1) is 0 Å². The fraction of sp³-hybridized carbons (Fsp3) is 0.929. The number of hydrogen-bond acceptors (Lipinski definition) is 3. The predicted molar refractivity (Wildman–Crippen MR) is 75.8 cm³/mol. The van der Waals surface area contributed by atoms with E-state index in [-0.39, 0.29) is 5.91 Å². The molecule has 0 unspecified atom stereocenters. The molecule has 4 nitrogen and oxygen atoms in total. The van der Waals surface area contributed by atoms with Gasteiger partial charge >= 0.3 is 6.18 Å². The lowest BCUT2D eigenvalue weighted by molar-refractivity contribution is -0.145. The topological polar surface area (TPSA) is 49.6 Å². The molecular formula is C14H26F3N3O. The van der Waals surface area contributed by atoms with E-state index in [1.807, 2.05) is 0 Å². The Labute approximate surface area is 124 Å². The predicted octanol–water partition coefficient (Wildman–Crippen LogP) is 1.99. The monoisotopic (exact) mass is 309 g/mol. The lowest BCUT2D eigenvalue weighted by atomic mass is 10.1. The molecular weight excluding hydrogens is 283 g/mol. The van der Waals surface area contributed by atoms with Crippen LogP contribution >= 0.6 is 0 Å². The van der Waals surface area contributed by atoms with Gasteiger partial charge in [-0.1, -0.05) is 12.8 Å². The summed E-state index contributed by atoms with van der Waals surface area (Å²) in [6, 6.07) is 0. The molecule has 2 N–H and O–H groups in total. The minimum Gasteiger partial charge on any atom is -0.341 e. The summed E-state index contributed by atoms with van der Waals surface area (Å²) in [5.74, 6) is 0.0663. The zero-order valence-electron chi connectivity index (χ0n) is 12.5. The molecule has 0 aromatic rings. The Balaban J connectivity index is 2.25. The van der Waals surface area contributed by atoms with E-state index in [9.17, 15) is 18.0 Å². The molecule has 1 rings (SSSR count). The first kappa shape index (κ1) is 18.2. The molecule has 0 aliphatic carbocycles. The lowest BCUT2D eigenvalue weighted by Crippen LogP contribution is -2.38. The van der Waals surface area contributed by atoms with Crippen molar-refractivity contribution in [3.8, 4) is 0 Å². The summed E-state index contributed by atoms with van der Waals surface area (Å²) in [5, 5.41) is 0. The molecule has 7 heteroatoms. The van der Waals surface area contributed by atoms with Crippen molar-refractivity contribution in [1.29, 1.82) is 0 Å². The fourth-order valence-corrected chi connectivity index (χ4v) is 2.56. The molecule has 0 radical (unpaired) electrons. The highest BCUT2D eigenvalue weighted by Gasteiger charge is 2.31. The average molecular weight is 309 g/mol. The molecule has 1 saturated heterocycles. The molecule has 0 aromatic heterocycles. The van der Waals surface area contributed by atoms with Gasteiger partial charge in [-0.2, -0.15) is 13.2 Å². The van der Waals surface area contributed by atoms with E-state index in [1.165, 1.54) is 4.90 Å². The highest BCUT2D eigenvalue weighted by Crippen LogP contribution is 2.18. The van der Waals surface area contributed by atoms with Crippen molar-refractivity contribution in [3.05, 3.63) is 0 Å². The van der Waals surface area contributed by atoms with Crippen molar-refractivity contribution in [3.63, 3.8) is 0 Å². The molecule has 1 aliphatic heterocycles. The fourth-order valence-electron chi connectivity index (χ4n) is 2.56. The van der Waals surface area contributed by atoms with E-state index in [0.29, 0.717) is 45.6 Å². The molecule has 1 heterocycles. The van der Waals surface area contributed by atoms with E-state index in [2.05, 4.69) is 0 Å². The van der Waals surface area contributed by atoms with Crippen LogP contribution < -0.4 is 5.73 Å². The molecule has 0 bridgehead atoms. The van der Waals surface area contributed by atoms with E-state index >= 15 is 0 Å². The van der Waals surface area contributed by atoms with E-state index in [4.69, 9.17) is 5.73 Å². The van der Waals surface area contributed by atoms with Gasteiger partial charge in [0.05, 0.1) is 6.54 Å². The molecule has 0 saturated carbocycles. The van der Waals surface area contributed by atoms with Gasteiger partial charge in [-0.05, 0) is 25.8 Å². The van der Waals surface area contributed by atoms with Crippen molar-refractivity contribution in [2.75, 3.05) is 39.3 Å². The third kappa shape index (κ3) is 8.26. The van der Waals surface area contributed by atoms with Crippen LogP contribution in [0.4, 0.5) is 13.2 Å². The number of carbonyl (C=O) groups is 1. The van der Waals surface area contributed by atoms with Crippen molar-refractivity contribution in [1.82, 2.24) is 9.80 Å². The third-order valence-electron chi connectivity index (χ3n) is 3.69. The van der Waals surface area contributed by atoms with Crippen molar-refractivity contribution < 1.29 is 18.0 Å². The quantitative estimate of drug-likeness (QED) is 0.732. The van der Waals surface area contributed by atoms with Crippen LogP contribution in [0.15, 0.2) is 0 Å². The van der Waals surface area contributed by atoms with Crippen LogP contribution in [0.3, 0.4) is 0 Å². The first-order chi connectivity index (χ1) is 9.92. The van der Waals surface area contributed by atoms with Crippen LogP contribution in [-0.4, -0.2) is 61.2 Å². The van der Waals surface area contributed by atoms with Gasteiger partial charge in [0, 0.05) is 32.6 Å². The van der Waals surface area contributed by atoms with Crippen LogP contribution in [0.5, 0.6) is 0 Å². The second-order valence-corrected chi connectivity index (χ2v) is 5.58. The maximum absolute atomic E-state index is 12.4. The van der Waals surface area contributed by atoms with E-state index in [1.54, 1.807) is 4.90 Å². The Morgan fingerprint density at radius 1 is 1.00 bits per heavy atom. The van der Waals surface area contributed by atoms with Crippen LogP contribution in [0.1, 0.15) is 38.5 Å². The molecule has 1 aliphatic rings. The number of halogens is 3. The highest BCUT2D eigenvalue weighted by atomic mass is 19.4. The lowest BCUT2D eigenvalue weighted by Gasteiger charge is -2.22. The minimum atomic E-state index is -4.16. The number of nitrogens with zero attached hydrogens (tertiary/aromatic N) is 2. The molecule has 21 heavy (non-hydrogen) atoms. The Morgan fingerprint density at radius 2 is 1.71 bits per heavy atom. The number of amides is 1. The Kier molecular flexibility index (Phi) is 8.03. The van der Waals surface area contributed by atoms with Crippen LogP contribution in [0.25, 0.3) is 0 Å². The van der Waals surface area contributed by atoms with Crippen molar-refractivity contribution >= 4 is 5.91 Å². The Bertz CT molecular complexity index is 310. The second kappa shape index (κ2) is 9.25. The first-order valence-corrected chi connectivity index (χ1v) is 7.69. The standard InChI is InChI=1S/C14H26F3N3O/c15-14(16,17)12-19-8-5-9-20(11-10-19)13(21)6-3-1-2-4-7-18/h1-12,18H2. The summed E-state index contributed by atoms with van der Waals surface area (Å²) in [7, 11) is 0. The van der Waals surface area contributed by atoms with Gasteiger partial charge in [-0.3, -0.25) is 9.69 Å². The number of rotatable bonds is 7. The van der Waals surface area contributed by atoms with E-state index in [0.717, 1.165) is 25.7 Å². The smallest absolute Gasteiger partial charge is 0.341 e. The van der Waals surface area contributed by atoms with Gasteiger partial charge in [-0.25, -0.2) is 0 Å². The number of carbonyl (C=O) groups excluding carboxylic acids is 1. The normalized spacial score (nSPS) is 17.8. The summed E-state index contributed by atoms with van der Waals surface area (Å²) in [4.78, 5) is 15.1. The summed E-state index contributed by atoms with van der Waals surface area (Å²) >= 11 is 0. The highest BCUT2D eigenvalue weighted by molar-refractivity contribution is 5.76. The van der Waals surface area contributed by atoms with Crippen molar-refractivity contribution in [2.45, 2.75) is 44.7 Å². The first-order valence-electron chi connectivity index (χ1n) is 7.69.